The lowest BCUT2D eigenvalue weighted by Crippen LogP contribution is -2.19. The average molecular weight is 274 g/mol. The first-order valence-corrected chi connectivity index (χ1v) is 6.93. The van der Waals surface area contributed by atoms with Crippen LogP contribution in [0.4, 0.5) is 0 Å². The van der Waals surface area contributed by atoms with Crippen LogP contribution in [0.5, 0.6) is 0 Å². The van der Waals surface area contributed by atoms with Gasteiger partial charge in [-0.1, -0.05) is 30.3 Å². The van der Waals surface area contributed by atoms with E-state index in [2.05, 4.69) is 41.5 Å². The molecule has 0 saturated carbocycles. The molecule has 0 bridgehead atoms. The first kappa shape index (κ1) is 14.7. The van der Waals surface area contributed by atoms with Crippen molar-refractivity contribution in [3.63, 3.8) is 0 Å². The third-order valence-corrected chi connectivity index (χ3v) is 2.98. The van der Waals surface area contributed by atoms with Crippen LogP contribution >= 0.6 is 0 Å². The fourth-order valence-corrected chi connectivity index (χ4v) is 1.90. The largest absolute Gasteiger partial charge is 0.383 e. The number of nitrogens with one attached hydrogen (secondary N) is 1. The third-order valence-electron chi connectivity index (χ3n) is 2.98. The van der Waals surface area contributed by atoms with E-state index in [1.54, 1.807) is 11.9 Å². The highest BCUT2D eigenvalue weighted by Gasteiger charge is 2.13. The van der Waals surface area contributed by atoms with Crippen molar-refractivity contribution < 1.29 is 4.74 Å². The summed E-state index contributed by atoms with van der Waals surface area (Å²) >= 11 is 0. The van der Waals surface area contributed by atoms with Gasteiger partial charge in [0.1, 0.15) is 11.4 Å². The van der Waals surface area contributed by atoms with E-state index < -0.39 is 0 Å². The van der Waals surface area contributed by atoms with Crippen LogP contribution in [0.15, 0.2) is 30.3 Å². The van der Waals surface area contributed by atoms with Crippen molar-refractivity contribution in [3.8, 4) is 11.3 Å². The Labute approximate surface area is 120 Å². The summed E-state index contributed by atoms with van der Waals surface area (Å²) in [6, 6.07) is 10.4. The van der Waals surface area contributed by atoms with Crippen molar-refractivity contribution in [1.29, 1.82) is 0 Å². The van der Waals surface area contributed by atoms with Crippen molar-refractivity contribution in [3.05, 3.63) is 36.0 Å². The molecule has 1 heterocycles. The Morgan fingerprint density at radius 3 is 2.60 bits per heavy atom. The summed E-state index contributed by atoms with van der Waals surface area (Å²) in [4.78, 5) is 1.77. The molecule has 5 heteroatoms. The maximum absolute atomic E-state index is 5.03. The second-order valence-electron chi connectivity index (χ2n) is 4.95. The minimum atomic E-state index is 0.255. The Hall–Kier alpha value is -1.72. The molecule has 0 aliphatic heterocycles. The molecule has 2 rings (SSSR count). The minimum Gasteiger partial charge on any atom is -0.383 e. The Kier molecular flexibility index (Phi) is 5.26. The molecule has 0 aliphatic rings. The Morgan fingerprint density at radius 1 is 1.20 bits per heavy atom. The van der Waals surface area contributed by atoms with Crippen LogP contribution < -0.4 is 5.32 Å². The summed E-state index contributed by atoms with van der Waals surface area (Å²) < 4.78 is 5.03. The van der Waals surface area contributed by atoms with Crippen molar-refractivity contribution in [2.75, 3.05) is 20.3 Å². The summed E-state index contributed by atoms with van der Waals surface area (Å²) in [5, 5.41) is 12.5. The summed E-state index contributed by atoms with van der Waals surface area (Å²) in [6.45, 7) is 6.35. The second-order valence-corrected chi connectivity index (χ2v) is 4.95. The molecule has 1 aromatic carbocycles. The molecule has 0 amide bonds. The van der Waals surface area contributed by atoms with E-state index in [9.17, 15) is 0 Å². The third kappa shape index (κ3) is 3.65. The molecule has 20 heavy (non-hydrogen) atoms. The van der Waals surface area contributed by atoms with Gasteiger partial charge in [-0.2, -0.15) is 15.0 Å². The van der Waals surface area contributed by atoms with E-state index in [4.69, 9.17) is 4.74 Å². The van der Waals surface area contributed by atoms with Gasteiger partial charge in [0.05, 0.1) is 12.6 Å². The van der Waals surface area contributed by atoms with Crippen molar-refractivity contribution in [1.82, 2.24) is 20.3 Å². The van der Waals surface area contributed by atoms with Crippen LogP contribution in [0.25, 0.3) is 11.3 Å². The monoisotopic (exact) mass is 274 g/mol. The molecular weight excluding hydrogens is 252 g/mol. The number of hydrogen-bond donors (Lipinski definition) is 1. The molecule has 2 aromatic rings. The average Bonchev–Trinajstić information content (AvgIpc) is 2.89. The van der Waals surface area contributed by atoms with Crippen LogP contribution in [0, 0.1) is 0 Å². The number of aromatic nitrogens is 3. The SMILES string of the molecule is COCCNCc1nn(C(C)C)nc1-c1ccccc1. The van der Waals surface area contributed by atoms with Crippen molar-refractivity contribution in [2.24, 2.45) is 0 Å². The normalized spacial score (nSPS) is 11.2. The fourth-order valence-electron chi connectivity index (χ4n) is 1.90. The van der Waals surface area contributed by atoms with Gasteiger partial charge in [-0.05, 0) is 13.8 Å². The molecule has 0 saturated heterocycles. The predicted octanol–water partition coefficient (Wildman–Crippen LogP) is 2.26. The molecule has 0 fully saturated rings. The maximum Gasteiger partial charge on any atom is 0.117 e. The van der Waals surface area contributed by atoms with E-state index in [0.29, 0.717) is 13.2 Å². The van der Waals surface area contributed by atoms with Crippen LogP contribution in [-0.4, -0.2) is 35.3 Å². The second kappa shape index (κ2) is 7.17. The lowest BCUT2D eigenvalue weighted by atomic mass is 10.1. The van der Waals surface area contributed by atoms with Crippen molar-refractivity contribution in [2.45, 2.75) is 26.4 Å². The summed E-state index contributed by atoms with van der Waals surface area (Å²) in [7, 11) is 1.70. The van der Waals surface area contributed by atoms with Crippen LogP contribution in [0.1, 0.15) is 25.6 Å². The van der Waals surface area contributed by atoms with Gasteiger partial charge in [0, 0.05) is 25.8 Å². The van der Waals surface area contributed by atoms with Gasteiger partial charge in [-0.25, -0.2) is 0 Å². The summed E-state index contributed by atoms with van der Waals surface area (Å²) in [6.07, 6.45) is 0. The molecule has 1 N–H and O–H groups in total. The standard InChI is InChI=1S/C15H22N4O/c1-12(2)19-17-14(11-16-9-10-20-3)15(18-19)13-7-5-4-6-8-13/h4-8,12,16H,9-11H2,1-3H3. The van der Waals surface area contributed by atoms with E-state index >= 15 is 0 Å². The number of methoxy groups -OCH3 is 1. The molecule has 0 spiro atoms. The predicted molar refractivity (Wildman–Crippen MR) is 79.4 cm³/mol. The zero-order valence-electron chi connectivity index (χ0n) is 12.3. The van der Waals surface area contributed by atoms with Gasteiger partial charge in [0.2, 0.25) is 0 Å². The summed E-state index contributed by atoms with van der Waals surface area (Å²) in [5.41, 5.74) is 3.02. The maximum atomic E-state index is 5.03. The number of nitrogens with zero attached hydrogens (tertiary/aromatic N) is 3. The first-order chi connectivity index (χ1) is 9.72. The van der Waals surface area contributed by atoms with E-state index in [0.717, 1.165) is 23.5 Å². The number of rotatable bonds is 7. The van der Waals surface area contributed by atoms with Crippen LogP contribution in [0.3, 0.4) is 0 Å². The molecule has 108 valence electrons. The van der Waals surface area contributed by atoms with Gasteiger partial charge in [-0.3, -0.25) is 0 Å². The Balaban J connectivity index is 2.20. The molecule has 0 atom stereocenters. The molecule has 0 unspecified atom stereocenters. The zero-order chi connectivity index (χ0) is 14.4. The molecular formula is C15H22N4O. The smallest absolute Gasteiger partial charge is 0.117 e. The molecule has 0 aliphatic carbocycles. The quantitative estimate of drug-likeness (QED) is 0.787. The van der Waals surface area contributed by atoms with Gasteiger partial charge in [0.25, 0.3) is 0 Å². The van der Waals surface area contributed by atoms with Gasteiger partial charge < -0.3 is 10.1 Å². The molecule has 1 aromatic heterocycles. The van der Waals surface area contributed by atoms with Gasteiger partial charge in [-0.15, -0.1) is 0 Å². The van der Waals surface area contributed by atoms with E-state index in [1.165, 1.54) is 0 Å². The molecule has 0 radical (unpaired) electrons. The molecule has 5 nitrogen and oxygen atoms in total. The highest BCUT2D eigenvalue weighted by Crippen LogP contribution is 2.20. The van der Waals surface area contributed by atoms with Crippen molar-refractivity contribution >= 4 is 0 Å². The highest BCUT2D eigenvalue weighted by atomic mass is 16.5. The number of hydrogen-bond acceptors (Lipinski definition) is 4. The van der Waals surface area contributed by atoms with E-state index in [-0.39, 0.29) is 6.04 Å². The lowest BCUT2D eigenvalue weighted by Gasteiger charge is -2.03. The van der Waals surface area contributed by atoms with Crippen LogP contribution in [0.2, 0.25) is 0 Å². The van der Waals surface area contributed by atoms with Gasteiger partial charge in [0.15, 0.2) is 0 Å². The lowest BCUT2D eigenvalue weighted by molar-refractivity contribution is 0.199. The van der Waals surface area contributed by atoms with Gasteiger partial charge >= 0.3 is 0 Å². The number of ether oxygens (including phenoxy) is 1. The van der Waals surface area contributed by atoms with Crippen LogP contribution in [-0.2, 0) is 11.3 Å². The first-order valence-electron chi connectivity index (χ1n) is 6.93. The fraction of sp³-hybridized carbons (Fsp3) is 0.467. The number of benzene rings is 1. The Morgan fingerprint density at radius 2 is 1.95 bits per heavy atom. The van der Waals surface area contributed by atoms with E-state index in [1.807, 2.05) is 18.2 Å². The topological polar surface area (TPSA) is 52.0 Å². The Bertz CT molecular complexity index is 522. The minimum absolute atomic E-state index is 0.255. The summed E-state index contributed by atoms with van der Waals surface area (Å²) in [5.74, 6) is 0. The highest BCUT2D eigenvalue weighted by molar-refractivity contribution is 5.60. The zero-order valence-corrected chi connectivity index (χ0v) is 12.3.